The van der Waals surface area contributed by atoms with E-state index in [2.05, 4.69) is 10.2 Å². The van der Waals surface area contributed by atoms with Crippen molar-refractivity contribution in [3.05, 3.63) is 30.2 Å². The predicted molar refractivity (Wildman–Crippen MR) is 93.1 cm³/mol. The van der Waals surface area contributed by atoms with Gasteiger partial charge in [-0.3, -0.25) is 9.20 Å². The fraction of sp³-hybridized carbons (Fsp3) is 0.611. The zero-order valence-electron chi connectivity index (χ0n) is 14.4. The van der Waals surface area contributed by atoms with Crippen LogP contribution in [0, 0.1) is 5.92 Å². The van der Waals surface area contributed by atoms with Crippen LogP contribution in [-0.2, 0) is 9.53 Å². The molecule has 2 aromatic heterocycles. The molecule has 0 aromatic carbocycles. The van der Waals surface area contributed by atoms with Crippen LogP contribution in [0.15, 0.2) is 24.4 Å². The Morgan fingerprint density at radius 1 is 1.24 bits per heavy atom. The Morgan fingerprint density at radius 2 is 2.08 bits per heavy atom. The van der Waals surface area contributed by atoms with Crippen LogP contribution in [0.2, 0.25) is 0 Å². The number of aromatic nitrogens is 3. The maximum Gasteiger partial charge on any atom is 0.239 e. The van der Waals surface area contributed by atoms with Gasteiger partial charge in [-0.2, -0.15) is 0 Å². The van der Waals surface area contributed by atoms with Crippen molar-refractivity contribution in [1.29, 1.82) is 0 Å². The van der Waals surface area contributed by atoms with E-state index in [-0.39, 0.29) is 17.7 Å². The number of pyridine rings is 1. The highest BCUT2D eigenvalue weighted by Crippen LogP contribution is 2.27. The summed E-state index contributed by atoms with van der Waals surface area (Å²) in [6, 6.07) is 5.46. The first-order valence-electron chi connectivity index (χ1n) is 9.16. The van der Waals surface area contributed by atoms with Gasteiger partial charge in [0.2, 0.25) is 5.91 Å². The molecule has 2 N–H and O–H groups in total. The molecule has 2 unspecified atom stereocenters. The fourth-order valence-corrected chi connectivity index (χ4v) is 4.01. The summed E-state index contributed by atoms with van der Waals surface area (Å²) in [7, 11) is 0. The number of fused-ring (bicyclic) bond motifs is 1. The third kappa shape index (κ3) is 3.26. The first-order chi connectivity index (χ1) is 12.2. The van der Waals surface area contributed by atoms with Crippen LogP contribution in [0.4, 0.5) is 0 Å². The highest BCUT2D eigenvalue weighted by molar-refractivity contribution is 5.82. The number of carbonyl (C=O) groups excluding carboxylic acids is 1. The highest BCUT2D eigenvalue weighted by atomic mass is 16.5. The Labute approximate surface area is 147 Å². The van der Waals surface area contributed by atoms with E-state index in [0.29, 0.717) is 19.8 Å². The van der Waals surface area contributed by atoms with Gasteiger partial charge in [-0.15, -0.1) is 10.2 Å². The maximum absolute atomic E-state index is 12.9. The molecule has 0 radical (unpaired) electrons. The summed E-state index contributed by atoms with van der Waals surface area (Å²) in [5, 5.41) is 8.62. The van der Waals surface area contributed by atoms with Crippen molar-refractivity contribution >= 4 is 11.6 Å². The average molecular weight is 343 g/mol. The molecule has 25 heavy (non-hydrogen) atoms. The second kappa shape index (κ2) is 7.09. The number of carbonyl (C=O) groups is 1. The summed E-state index contributed by atoms with van der Waals surface area (Å²) in [5.41, 5.74) is 7.14. The van der Waals surface area contributed by atoms with Gasteiger partial charge in [0, 0.05) is 38.4 Å². The number of hydrogen-bond acceptors (Lipinski definition) is 5. The van der Waals surface area contributed by atoms with Gasteiger partial charge in [-0.1, -0.05) is 6.07 Å². The minimum Gasteiger partial charge on any atom is -0.381 e. The molecule has 7 heteroatoms. The molecule has 2 saturated heterocycles. The lowest BCUT2D eigenvalue weighted by atomic mass is 9.90. The van der Waals surface area contributed by atoms with Crippen molar-refractivity contribution in [3.8, 4) is 0 Å². The Hall–Kier alpha value is -1.99. The van der Waals surface area contributed by atoms with Crippen LogP contribution in [0.3, 0.4) is 0 Å². The number of rotatable bonds is 3. The quantitative estimate of drug-likeness (QED) is 0.905. The smallest absolute Gasteiger partial charge is 0.239 e. The van der Waals surface area contributed by atoms with E-state index in [0.717, 1.165) is 43.7 Å². The molecule has 134 valence electrons. The maximum atomic E-state index is 12.9. The predicted octanol–water partition coefficient (Wildman–Crippen LogP) is 1.19. The largest absolute Gasteiger partial charge is 0.381 e. The second-order valence-corrected chi connectivity index (χ2v) is 7.09. The molecule has 0 aliphatic carbocycles. The zero-order chi connectivity index (χ0) is 17.2. The van der Waals surface area contributed by atoms with Crippen LogP contribution in [0.25, 0.3) is 5.65 Å². The average Bonchev–Trinajstić information content (AvgIpc) is 3.12. The van der Waals surface area contributed by atoms with Crippen LogP contribution >= 0.6 is 0 Å². The van der Waals surface area contributed by atoms with Crippen LogP contribution in [0.5, 0.6) is 0 Å². The normalized spacial score (nSPS) is 23.7. The van der Waals surface area contributed by atoms with Gasteiger partial charge in [0.15, 0.2) is 5.65 Å². The summed E-state index contributed by atoms with van der Waals surface area (Å²) in [6.45, 7) is 2.87. The third-order valence-electron chi connectivity index (χ3n) is 5.50. The molecule has 2 fully saturated rings. The van der Waals surface area contributed by atoms with Gasteiger partial charge < -0.3 is 15.4 Å². The number of likely N-dealkylation sites (tertiary alicyclic amines) is 1. The van der Waals surface area contributed by atoms with Crippen molar-refractivity contribution in [3.63, 3.8) is 0 Å². The van der Waals surface area contributed by atoms with Crippen molar-refractivity contribution in [1.82, 2.24) is 19.5 Å². The molecule has 7 nitrogen and oxygen atoms in total. The lowest BCUT2D eigenvalue weighted by Gasteiger charge is -2.36. The molecule has 4 rings (SSSR count). The van der Waals surface area contributed by atoms with E-state index < -0.39 is 6.04 Å². The van der Waals surface area contributed by atoms with Crippen molar-refractivity contribution in [2.75, 3.05) is 26.3 Å². The first-order valence-corrected chi connectivity index (χ1v) is 9.16. The molecule has 2 aliphatic heterocycles. The van der Waals surface area contributed by atoms with Gasteiger partial charge in [0.25, 0.3) is 0 Å². The lowest BCUT2D eigenvalue weighted by molar-refractivity contribution is -0.136. The number of piperidine rings is 1. The van der Waals surface area contributed by atoms with Gasteiger partial charge in [0.05, 0.1) is 6.04 Å². The SMILES string of the molecule is NC(C(=O)N1CCCC(c2nnc3ccccn23)C1)C1CCOCC1. The second-order valence-electron chi connectivity index (χ2n) is 7.09. The van der Waals surface area contributed by atoms with Gasteiger partial charge in [-0.25, -0.2) is 0 Å². The zero-order valence-corrected chi connectivity index (χ0v) is 14.4. The number of amides is 1. The van der Waals surface area contributed by atoms with Crippen LogP contribution < -0.4 is 5.73 Å². The van der Waals surface area contributed by atoms with E-state index in [9.17, 15) is 4.79 Å². The van der Waals surface area contributed by atoms with E-state index >= 15 is 0 Å². The summed E-state index contributed by atoms with van der Waals surface area (Å²) in [6.07, 6.45) is 5.72. The molecular formula is C18H25N5O2. The number of hydrogen-bond donors (Lipinski definition) is 1. The van der Waals surface area contributed by atoms with E-state index in [1.807, 2.05) is 33.7 Å². The molecule has 2 atom stereocenters. The van der Waals surface area contributed by atoms with E-state index in [1.54, 1.807) is 0 Å². The first kappa shape index (κ1) is 16.5. The van der Waals surface area contributed by atoms with Crippen LogP contribution in [-0.4, -0.2) is 57.8 Å². The molecule has 0 spiro atoms. The summed E-state index contributed by atoms with van der Waals surface area (Å²) < 4.78 is 7.41. The number of ether oxygens (including phenoxy) is 1. The Balaban J connectivity index is 1.48. The Morgan fingerprint density at radius 3 is 2.92 bits per heavy atom. The summed E-state index contributed by atoms with van der Waals surface area (Å²) in [5.74, 6) is 1.45. The fourth-order valence-electron chi connectivity index (χ4n) is 4.01. The molecule has 2 aliphatic rings. The van der Waals surface area contributed by atoms with Crippen molar-refractivity contribution in [2.24, 2.45) is 11.7 Å². The van der Waals surface area contributed by atoms with Crippen molar-refractivity contribution < 1.29 is 9.53 Å². The Bertz CT molecular complexity index is 740. The molecule has 4 heterocycles. The molecule has 1 amide bonds. The molecule has 0 bridgehead atoms. The lowest BCUT2D eigenvalue weighted by Crippen LogP contribution is -2.51. The number of nitrogens with zero attached hydrogens (tertiary/aromatic N) is 4. The highest BCUT2D eigenvalue weighted by Gasteiger charge is 2.33. The third-order valence-corrected chi connectivity index (χ3v) is 5.50. The van der Waals surface area contributed by atoms with Gasteiger partial charge >= 0.3 is 0 Å². The minimum absolute atomic E-state index is 0.0745. The topological polar surface area (TPSA) is 85.8 Å². The number of nitrogens with two attached hydrogens (primary N) is 1. The van der Waals surface area contributed by atoms with E-state index in [4.69, 9.17) is 10.5 Å². The van der Waals surface area contributed by atoms with Gasteiger partial charge in [-0.05, 0) is 43.7 Å². The van der Waals surface area contributed by atoms with Crippen LogP contribution in [0.1, 0.15) is 37.4 Å². The Kier molecular flexibility index (Phi) is 4.67. The minimum atomic E-state index is -0.419. The monoisotopic (exact) mass is 343 g/mol. The van der Waals surface area contributed by atoms with Crippen molar-refractivity contribution in [2.45, 2.75) is 37.6 Å². The molecular weight excluding hydrogens is 318 g/mol. The summed E-state index contributed by atoms with van der Waals surface area (Å²) in [4.78, 5) is 14.8. The van der Waals surface area contributed by atoms with Gasteiger partial charge in [0.1, 0.15) is 5.82 Å². The summed E-state index contributed by atoms with van der Waals surface area (Å²) >= 11 is 0. The molecule has 2 aromatic rings. The van der Waals surface area contributed by atoms with E-state index in [1.165, 1.54) is 0 Å². The standard InChI is InChI=1S/C18H25N5O2/c19-16(13-6-10-25-11-7-13)18(24)22-8-3-4-14(12-22)17-21-20-15-5-1-2-9-23(15)17/h1-2,5,9,13-14,16H,3-4,6-8,10-12,19H2. The molecule has 0 saturated carbocycles.